The maximum atomic E-state index is 6.88. The second-order valence-electron chi connectivity index (χ2n) is 7.03. The van der Waals surface area contributed by atoms with Crippen molar-refractivity contribution in [3.8, 4) is 0 Å². The molecule has 4 heteroatoms. The average Bonchev–Trinajstić information content (AvgIpc) is 2.57. The molecule has 2 fully saturated rings. The Morgan fingerprint density at radius 2 is 2.09 bits per heavy atom. The van der Waals surface area contributed by atoms with Crippen LogP contribution in [0.5, 0.6) is 0 Å². The minimum absolute atomic E-state index is 0.149. The molecule has 3 rings (SSSR count). The lowest BCUT2D eigenvalue weighted by atomic mass is 10.0. The SMILES string of the molecule is C=CC1(C)CCC[Si](C[SiH]2CCCCO2)(c2ccccc2)O1. The molecule has 3 unspecified atom stereocenters. The summed E-state index contributed by atoms with van der Waals surface area (Å²) in [4.78, 5) is 0. The number of rotatable bonds is 4. The van der Waals surface area contributed by atoms with Crippen LogP contribution >= 0.6 is 0 Å². The summed E-state index contributed by atoms with van der Waals surface area (Å²) in [7, 11) is -3.04. The first kappa shape index (κ1) is 16.2. The maximum absolute atomic E-state index is 6.88. The molecule has 0 aromatic heterocycles. The maximum Gasteiger partial charge on any atom is 0.224 e. The predicted molar refractivity (Wildman–Crippen MR) is 97.5 cm³/mol. The number of hydrogen-bond donors (Lipinski definition) is 0. The molecule has 120 valence electrons. The molecule has 2 saturated heterocycles. The van der Waals surface area contributed by atoms with Crippen molar-refractivity contribution in [1.82, 2.24) is 0 Å². The van der Waals surface area contributed by atoms with Gasteiger partial charge in [-0.2, -0.15) is 0 Å². The third-order valence-electron chi connectivity index (χ3n) is 5.25. The number of hydrogen-bond acceptors (Lipinski definition) is 2. The molecule has 2 aliphatic heterocycles. The van der Waals surface area contributed by atoms with Crippen molar-refractivity contribution in [2.45, 2.75) is 56.0 Å². The lowest BCUT2D eigenvalue weighted by Gasteiger charge is -2.46. The molecule has 3 atom stereocenters. The third-order valence-corrected chi connectivity index (χ3v) is 14.9. The first-order valence-corrected chi connectivity index (χ1v) is 13.1. The monoisotopic (exact) mass is 332 g/mol. The molecule has 2 heterocycles. The van der Waals surface area contributed by atoms with Gasteiger partial charge in [-0.15, -0.1) is 6.58 Å². The zero-order valence-corrected chi connectivity index (χ0v) is 15.9. The summed E-state index contributed by atoms with van der Waals surface area (Å²) in [6, 6.07) is 13.6. The Balaban J connectivity index is 1.89. The van der Waals surface area contributed by atoms with Gasteiger partial charge in [0.15, 0.2) is 9.04 Å². The smallest absolute Gasteiger partial charge is 0.224 e. The van der Waals surface area contributed by atoms with Crippen molar-refractivity contribution in [3.05, 3.63) is 43.0 Å². The van der Waals surface area contributed by atoms with Gasteiger partial charge in [0, 0.05) is 6.61 Å². The van der Waals surface area contributed by atoms with E-state index in [1.807, 2.05) is 6.08 Å². The minimum Gasteiger partial charge on any atom is -0.420 e. The highest BCUT2D eigenvalue weighted by Crippen LogP contribution is 2.37. The van der Waals surface area contributed by atoms with Gasteiger partial charge in [0.2, 0.25) is 8.32 Å². The molecule has 0 N–H and O–H groups in total. The van der Waals surface area contributed by atoms with Gasteiger partial charge in [-0.05, 0) is 42.7 Å². The zero-order valence-electron chi connectivity index (χ0n) is 13.7. The average molecular weight is 333 g/mol. The van der Waals surface area contributed by atoms with Crippen molar-refractivity contribution >= 4 is 22.5 Å². The highest BCUT2D eigenvalue weighted by Gasteiger charge is 2.47. The van der Waals surface area contributed by atoms with E-state index in [-0.39, 0.29) is 5.60 Å². The van der Waals surface area contributed by atoms with E-state index >= 15 is 0 Å². The van der Waals surface area contributed by atoms with Crippen molar-refractivity contribution in [3.63, 3.8) is 0 Å². The van der Waals surface area contributed by atoms with E-state index in [1.54, 1.807) is 0 Å². The van der Waals surface area contributed by atoms with Crippen LogP contribution in [0.1, 0.15) is 32.6 Å². The summed E-state index contributed by atoms with van der Waals surface area (Å²) in [5.41, 5.74) is 1.09. The molecule has 0 saturated carbocycles. The Hall–Kier alpha value is -0.686. The lowest BCUT2D eigenvalue weighted by Crippen LogP contribution is -2.60. The van der Waals surface area contributed by atoms with Gasteiger partial charge < -0.3 is 8.85 Å². The molecule has 22 heavy (non-hydrogen) atoms. The van der Waals surface area contributed by atoms with E-state index in [1.165, 1.54) is 42.2 Å². The molecule has 0 spiro atoms. The van der Waals surface area contributed by atoms with Gasteiger partial charge in [0.25, 0.3) is 0 Å². The summed E-state index contributed by atoms with van der Waals surface area (Å²) in [5, 5.41) is 1.46. The fourth-order valence-corrected chi connectivity index (χ4v) is 14.8. The molecular formula is C18H28O2Si2. The normalized spacial score (nSPS) is 36.0. The van der Waals surface area contributed by atoms with E-state index < -0.39 is 17.4 Å². The standard InChI is InChI=1S/C18H28O2Si2/c1-3-18(2)12-9-15-22(20-18,17-10-5-4-6-11-17)16-21-14-8-7-13-19-21/h3-6,10-11,21H,1,7-9,12-16H2,2H3. The minimum atomic E-state index is -1.94. The summed E-state index contributed by atoms with van der Waals surface area (Å²) in [5.74, 6) is 0. The molecule has 0 amide bonds. The molecule has 0 aliphatic carbocycles. The second kappa shape index (κ2) is 6.83. The fraction of sp³-hybridized carbons (Fsp3) is 0.556. The van der Waals surface area contributed by atoms with Gasteiger partial charge in [0.05, 0.1) is 5.60 Å². The van der Waals surface area contributed by atoms with Crippen LogP contribution in [-0.2, 0) is 8.85 Å². The molecule has 2 aliphatic rings. The fourth-order valence-electron chi connectivity index (χ4n) is 3.96. The Morgan fingerprint density at radius 3 is 2.77 bits per heavy atom. The highest BCUT2D eigenvalue weighted by atomic mass is 28.4. The van der Waals surface area contributed by atoms with E-state index in [9.17, 15) is 0 Å². The van der Waals surface area contributed by atoms with Crippen LogP contribution in [0.15, 0.2) is 43.0 Å². The lowest BCUT2D eigenvalue weighted by molar-refractivity contribution is 0.103. The quantitative estimate of drug-likeness (QED) is 0.619. The van der Waals surface area contributed by atoms with Crippen molar-refractivity contribution in [2.24, 2.45) is 0 Å². The Kier molecular flexibility index (Phi) is 5.02. The topological polar surface area (TPSA) is 18.5 Å². The first-order chi connectivity index (χ1) is 10.7. The van der Waals surface area contributed by atoms with Crippen LogP contribution in [0.2, 0.25) is 17.8 Å². The largest absolute Gasteiger partial charge is 0.420 e. The third kappa shape index (κ3) is 3.45. The van der Waals surface area contributed by atoms with Gasteiger partial charge in [0.1, 0.15) is 0 Å². The van der Waals surface area contributed by atoms with Crippen LogP contribution < -0.4 is 5.19 Å². The summed E-state index contributed by atoms with van der Waals surface area (Å²) >= 11 is 0. The van der Waals surface area contributed by atoms with E-state index in [0.717, 1.165) is 13.0 Å². The Bertz CT molecular complexity index is 501. The molecule has 2 nitrogen and oxygen atoms in total. The van der Waals surface area contributed by atoms with Crippen LogP contribution in [0.25, 0.3) is 0 Å². The summed E-state index contributed by atoms with van der Waals surface area (Å²) in [6.07, 6.45) is 6.99. The first-order valence-electron chi connectivity index (χ1n) is 8.67. The Morgan fingerprint density at radius 1 is 1.27 bits per heavy atom. The van der Waals surface area contributed by atoms with Crippen LogP contribution in [0, 0.1) is 0 Å². The van der Waals surface area contributed by atoms with E-state index in [0.29, 0.717) is 0 Å². The van der Waals surface area contributed by atoms with Crippen molar-refractivity contribution in [1.29, 1.82) is 0 Å². The van der Waals surface area contributed by atoms with Gasteiger partial charge >= 0.3 is 0 Å². The highest BCUT2D eigenvalue weighted by molar-refractivity contribution is 6.94. The molecule has 0 radical (unpaired) electrons. The van der Waals surface area contributed by atoms with E-state index in [4.69, 9.17) is 8.85 Å². The predicted octanol–water partition coefficient (Wildman–Crippen LogP) is 3.67. The Labute approximate surface area is 137 Å². The summed E-state index contributed by atoms with van der Waals surface area (Å²) < 4.78 is 13.1. The van der Waals surface area contributed by atoms with Gasteiger partial charge in [-0.3, -0.25) is 0 Å². The second-order valence-corrected chi connectivity index (χ2v) is 14.1. The van der Waals surface area contributed by atoms with Crippen LogP contribution in [0.4, 0.5) is 0 Å². The van der Waals surface area contributed by atoms with Crippen molar-refractivity contribution in [2.75, 3.05) is 6.61 Å². The van der Waals surface area contributed by atoms with Crippen LogP contribution in [-0.4, -0.2) is 29.6 Å². The van der Waals surface area contributed by atoms with Crippen LogP contribution in [0.3, 0.4) is 0 Å². The van der Waals surface area contributed by atoms with E-state index in [2.05, 4.69) is 43.8 Å². The van der Waals surface area contributed by atoms with Gasteiger partial charge in [-0.1, -0.05) is 49.2 Å². The molecular weight excluding hydrogens is 304 g/mol. The molecule has 0 bridgehead atoms. The molecule has 1 aromatic rings. The molecule has 1 aromatic carbocycles. The number of benzene rings is 1. The zero-order chi connectivity index (χ0) is 15.5. The van der Waals surface area contributed by atoms with Gasteiger partial charge in [-0.25, -0.2) is 0 Å². The summed E-state index contributed by atoms with van der Waals surface area (Å²) in [6.45, 7) is 7.24. The van der Waals surface area contributed by atoms with Crippen molar-refractivity contribution < 1.29 is 8.85 Å².